The minimum atomic E-state index is 0.658. The van der Waals surface area contributed by atoms with E-state index in [-0.39, 0.29) is 0 Å². The van der Waals surface area contributed by atoms with Crippen molar-refractivity contribution in [3.63, 3.8) is 0 Å². The molecule has 0 saturated carbocycles. The Balaban J connectivity index is 2.57. The molecule has 0 aliphatic heterocycles. The quantitative estimate of drug-likeness (QED) is 0.606. The summed E-state index contributed by atoms with van der Waals surface area (Å²) in [7, 11) is 0. The van der Waals surface area contributed by atoms with Crippen LogP contribution in [0.15, 0.2) is 21.8 Å². The zero-order valence-corrected chi connectivity index (χ0v) is 11.1. The number of halogens is 1. The van der Waals surface area contributed by atoms with E-state index in [0.717, 1.165) is 15.3 Å². The predicted octanol–water partition coefficient (Wildman–Crippen LogP) is 4.00. The van der Waals surface area contributed by atoms with Gasteiger partial charge in [0.25, 0.3) is 0 Å². The van der Waals surface area contributed by atoms with Crippen molar-refractivity contribution in [2.45, 2.75) is 31.2 Å². The number of hydrogen-bond acceptors (Lipinski definition) is 3. The van der Waals surface area contributed by atoms with Crippen molar-refractivity contribution in [3.8, 4) is 6.07 Å². The topological polar surface area (TPSA) is 36.7 Å². The first-order chi connectivity index (χ1) is 7.27. The maximum absolute atomic E-state index is 8.92. The molecule has 80 valence electrons. The first kappa shape index (κ1) is 12.5. The van der Waals surface area contributed by atoms with Gasteiger partial charge in [-0.05, 0) is 34.2 Å². The van der Waals surface area contributed by atoms with Gasteiger partial charge in [-0.25, -0.2) is 4.98 Å². The van der Waals surface area contributed by atoms with E-state index in [9.17, 15) is 0 Å². The lowest BCUT2D eigenvalue weighted by atomic mass is 10.3. The average molecular weight is 285 g/mol. The molecule has 0 spiro atoms. The Bertz CT molecular complexity index is 360. The Hall–Kier alpha value is -0.530. The number of nitriles is 1. The zero-order chi connectivity index (χ0) is 11.1. The van der Waals surface area contributed by atoms with Gasteiger partial charge in [0.2, 0.25) is 0 Å². The second-order valence-corrected chi connectivity index (χ2v) is 5.17. The standard InChI is InChI=1S/C11H13BrN2S/c1-2-3-4-5-15-11-9(7-13)6-10(12)8-14-11/h6,8H,2-5H2,1H3. The van der Waals surface area contributed by atoms with Crippen LogP contribution in [0.25, 0.3) is 0 Å². The molecular formula is C11H13BrN2S. The molecule has 1 aromatic rings. The summed E-state index contributed by atoms with van der Waals surface area (Å²) >= 11 is 4.97. The molecule has 4 heteroatoms. The molecule has 0 saturated heterocycles. The SMILES string of the molecule is CCCCCSc1ncc(Br)cc1C#N. The zero-order valence-electron chi connectivity index (χ0n) is 8.66. The highest BCUT2D eigenvalue weighted by Crippen LogP contribution is 2.23. The van der Waals surface area contributed by atoms with Gasteiger partial charge >= 0.3 is 0 Å². The Labute approximate surface area is 103 Å². The molecule has 0 amide bonds. The van der Waals surface area contributed by atoms with Gasteiger partial charge in [-0.2, -0.15) is 5.26 Å². The summed E-state index contributed by atoms with van der Waals surface area (Å²) in [6.07, 6.45) is 5.39. The van der Waals surface area contributed by atoms with Gasteiger partial charge in [0, 0.05) is 10.7 Å². The molecule has 0 unspecified atom stereocenters. The number of hydrogen-bond donors (Lipinski definition) is 0. The third-order valence-electron chi connectivity index (χ3n) is 1.92. The summed E-state index contributed by atoms with van der Waals surface area (Å²) in [5.41, 5.74) is 0.658. The molecule has 0 aliphatic rings. The van der Waals surface area contributed by atoms with Crippen LogP contribution in [0.5, 0.6) is 0 Å². The number of pyridine rings is 1. The summed E-state index contributed by atoms with van der Waals surface area (Å²) < 4.78 is 0.858. The molecule has 2 nitrogen and oxygen atoms in total. The smallest absolute Gasteiger partial charge is 0.114 e. The molecule has 1 rings (SSSR count). The van der Waals surface area contributed by atoms with Gasteiger partial charge < -0.3 is 0 Å². The van der Waals surface area contributed by atoms with Gasteiger partial charge in [-0.15, -0.1) is 11.8 Å². The maximum atomic E-state index is 8.92. The second kappa shape index (κ2) is 6.86. The van der Waals surface area contributed by atoms with Crippen molar-refractivity contribution in [1.82, 2.24) is 4.98 Å². The highest BCUT2D eigenvalue weighted by molar-refractivity contribution is 9.10. The summed E-state index contributed by atoms with van der Waals surface area (Å²) in [5, 5.41) is 9.77. The number of aromatic nitrogens is 1. The highest BCUT2D eigenvalue weighted by atomic mass is 79.9. The summed E-state index contributed by atoms with van der Waals surface area (Å²) in [6, 6.07) is 3.98. The lowest BCUT2D eigenvalue weighted by molar-refractivity contribution is 0.778. The molecule has 1 heterocycles. The normalized spacial score (nSPS) is 9.93. The predicted molar refractivity (Wildman–Crippen MR) is 66.9 cm³/mol. The third-order valence-corrected chi connectivity index (χ3v) is 3.45. The highest BCUT2D eigenvalue weighted by Gasteiger charge is 2.04. The first-order valence-corrected chi connectivity index (χ1v) is 6.74. The number of thioether (sulfide) groups is 1. The van der Waals surface area contributed by atoms with Crippen LogP contribution in [0.4, 0.5) is 0 Å². The van der Waals surface area contributed by atoms with Gasteiger partial charge in [-0.3, -0.25) is 0 Å². The van der Waals surface area contributed by atoms with Gasteiger partial charge in [-0.1, -0.05) is 19.8 Å². The largest absolute Gasteiger partial charge is 0.247 e. The van der Waals surface area contributed by atoms with E-state index in [1.54, 1.807) is 18.0 Å². The van der Waals surface area contributed by atoms with E-state index in [1.165, 1.54) is 19.3 Å². The molecular weight excluding hydrogens is 272 g/mol. The molecule has 0 radical (unpaired) electrons. The third kappa shape index (κ3) is 4.23. The first-order valence-electron chi connectivity index (χ1n) is 4.96. The van der Waals surface area contributed by atoms with Gasteiger partial charge in [0.1, 0.15) is 11.1 Å². The van der Waals surface area contributed by atoms with E-state index >= 15 is 0 Å². The average Bonchev–Trinajstić information content (AvgIpc) is 2.26. The number of unbranched alkanes of at least 4 members (excludes halogenated alkanes) is 2. The van der Waals surface area contributed by atoms with E-state index in [2.05, 4.69) is 33.9 Å². The molecule has 0 atom stereocenters. The molecule has 15 heavy (non-hydrogen) atoms. The fourth-order valence-electron chi connectivity index (χ4n) is 1.14. The fraction of sp³-hybridized carbons (Fsp3) is 0.455. The molecule has 0 N–H and O–H groups in total. The summed E-state index contributed by atoms with van der Waals surface area (Å²) in [6.45, 7) is 2.18. The Kier molecular flexibility index (Phi) is 5.74. The van der Waals surface area contributed by atoms with Gasteiger partial charge in [0.05, 0.1) is 5.56 Å². The molecule has 1 aromatic heterocycles. The van der Waals surface area contributed by atoms with Crippen molar-refractivity contribution in [1.29, 1.82) is 5.26 Å². The van der Waals surface area contributed by atoms with Crippen LogP contribution < -0.4 is 0 Å². The van der Waals surface area contributed by atoms with Crippen LogP contribution in [0.3, 0.4) is 0 Å². The monoisotopic (exact) mass is 284 g/mol. The van der Waals surface area contributed by atoms with Crippen LogP contribution in [0.1, 0.15) is 31.7 Å². The van der Waals surface area contributed by atoms with Crippen molar-refractivity contribution in [3.05, 3.63) is 22.3 Å². The molecule has 0 aliphatic carbocycles. The lowest BCUT2D eigenvalue weighted by Crippen LogP contribution is -1.88. The van der Waals surface area contributed by atoms with Crippen molar-refractivity contribution in [2.75, 3.05) is 5.75 Å². The van der Waals surface area contributed by atoms with E-state index in [0.29, 0.717) is 5.56 Å². The Morgan fingerprint density at radius 3 is 3.00 bits per heavy atom. The van der Waals surface area contributed by atoms with Gasteiger partial charge in [0.15, 0.2) is 0 Å². The molecule has 0 aromatic carbocycles. The minimum Gasteiger partial charge on any atom is -0.247 e. The van der Waals surface area contributed by atoms with E-state index in [1.807, 2.05) is 6.07 Å². The van der Waals surface area contributed by atoms with Crippen molar-refractivity contribution in [2.24, 2.45) is 0 Å². The number of nitrogens with zero attached hydrogens (tertiary/aromatic N) is 2. The van der Waals surface area contributed by atoms with E-state index in [4.69, 9.17) is 5.26 Å². The van der Waals surface area contributed by atoms with Crippen LogP contribution in [-0.2, 0) is 0 Å². The minimum absolute atomic E-state index is 0.658. The Morgan fingerprint density at radius 1 is 1.53 bits per heavy atom. The van der Waals surface area contributed by atoms with Crippen LogP contribution >= 0.6 is 27.7 Å². The van der Waals surface area contributed by atoms with Crippen LogP contribution in [0.2, 0.25) is 0 Å². The van der Waals surface area contributed by atoms with Crippen molar-refractivity contribution < 1.29 is 0 Å². The maximum Gasteiger partial charge on any atom is 0.114 e. The summed E-state index contributed by atoms with van der Waals surface area (Å²) in [5.74, 6) is 1.04. The Morgan fingerprint density at radius 2 is 2.33 bits per heavy atom. The van der Waals surface area contributed by atoms with E-state index < -0.39 is 0 Å². The molecule has 0 fully saturated rings. The lowest BCUT2D eigenvalue weighted by Gasteiger charge is -2.02. The van der Waals surface area contributed by atoms with Crippen LogP contribution in [0, 0.1) is 11.3 Å². The summed E-state index contributed by atoms with van der Waals surface area (Å²) in [4.78, 5) is 4.24. The second-order valence-electron chi connectivity index (χ2n) is 3.17. The molecule has 0 bridgehead atoms. The van der Waals surface area contributed by atoms with Crippen LogP contribution in [-0.4, -0.2) is 10.7 Å². The number of rotatable bonds is 5. The fourth-order valence-corrected chi connectivity index (χ4v) is 2.40. The van der Waals surface area contributed by atoms with Crippen molar-refractivity contribution >= 4 is 27.7 Å².